The predicted octanol–water partition coefficient (Wildman–Crippen LogP) is 3.06. The Kier molecular flexibility index (Phi) is 4.80. The van der Waals surface area contributed by atoms with Crippen LogP contribution in [0.1, 0.15) is 33.3 Å². The monoisotopic (exact) mass is 334 g/mol. The van der Waals surface area contributed by atoms with Crippen LogP contribution in [0, 0.1) is 0 Å². The van der Waals surface area contributed by atoms with Gasteiger partial charge in [-0.3, -0.25) is 4.72 Å². The molecule has 4 nitrogen and oxygen atoms in total. The first-order chi connectivity index (χ1) is 8.13. The van der Waals surface area contributed by atoms with Gasteiger partial charge in [-0.15, -0.1) is 0 Å². The first-order valence-corrected chi connectivity index (χ1v) is 8.01. The van der Waals surface area contributed by atoms with Crippen molar-refractivity contribution in [1.29, 1.82) is 0 Å². The summed E-state index contributed by atoms with van der Waals surface area (Å²) in [7, 11) is -3.55. The molecule has 0 unspecified atom stereocenters. The molecule has 0 amide bonds. The maximum Gasteiger partial charge on any atom is 0.299 e. The van der Waals surface area contributed by atoms with Gasteiger partial charge < -0.3 is 0 Å². The number of rotatable bonds is 4. The van der Waals surface area contributed by atoms with Crippen molar-refractivity contribution in [2.45, 2.75) is 39.7 Å². The molecule has 1 aromatic rings. The normalized spacial score (nSPS) is 12.5. The fourth-order valence-electron chi connectivity index (χ4n) is 1.53. The number of hydrogen-bond donors (Lipinski definition) is 2. The van der Waals surface area contributed by atoms with Crippen LogP contribution in [0.3, 0.4) is 0 Å². The SMILES string of the molecule is CCc1cc(Br)ccc1NS(=O)(=O)NC(C)(C)C. The van der Waals surface area contributed by atoms with Crippen LogP contribution in [-0.4, -0.2) is 14.0 Å². The van der Waals surface area contributed by atoms with Gasteiger partial charge in [0.05, 0.1) is 5.69 Å². The Morgan fingerprint density at radius 3 is 2.39 bits per heavy atom. The minimum Gasteiger partial charge on any atom is -0.271 e. The molecule has 0 aliphatic carbocycles. The van der Waals surface area contributed by atoms with E-state index >= 15 is 0 Å². The van der Waals surface area contributed by atoms with E-state index in [-0.39, 0.29) is 0 Å². The van der Waals surface area contributed by atoms with Gasteiger partial charge >= 0.3 is 0 Å². The highest BCUT2D eigenvalue weighted by atomic mass is 79.9. The second kappa shape index (κ2) is 5.59. The van der Waals surface area contributed by atoms with Gasteiger partial charge in [0.1, 0.15) is 0 Å². The number of aryl methyl sites for hydroxylation is 1. The zero-order chi connectivity index (χ0) is 14.0. The van der Waals surface area contributed by atoms with E-state index in [9.17, 15) is 8.42 Å². The van der Waals surface area contributed by atoms with Crippen molar-refractivity contribution in [3.8, 4) is 0 Å². The lowest BCUT2D eigenvalue weighted by molar-refractivity contribution is 0.494. The summed E-state index contributed by atoms with van der Waals surface area (Å²) in [6, 6.07) is 5.48. The molecular formula is C12H19BrN2O2S. The summed E-state index contributed by atoms with van der Waals surface area (Å²) in [5.41, 5.74) is 1.05. The number of halogens is 1. The van der Waals surface area contributed by atoms with E-state index in [1.807, 2.05) is 19.1 Å². The molecule has 0 heterocycles. The van der Waals surface area contributed by atoms with E-state index in [2.05, 4.69) is 25.4 Å². The number of anilines is 1. The van der Waals surface area contributed by atoms with Crippen LogP contribution in [0.25, 0.3) is 0 Å². The Balaban J connectivity index is 2.98. The Labute approximate surface area is 117 Å². The molecule has 0 bridgehead atoms. The zero-order valence-corrected chi connectivity index (χ0v) is 13.4. The zero-order valence-electron chi connectivity index (χ0n) is 11.0. The van der Waals surface area contributed by atoms with Gasteiger partial charge in [0, 0.05) is 10.0 Å². The van der Waals surface area contributed by atoms with Crippen LogP contribution in [0.2, 0.25) is 0 Å². The third kappa shape index (κ3) is 4.96. The van der Waals surface area contributed by atoms with Crippen molar-refractivity contribution in [2.75, 3.05) is 4.72 Å². The minimum atomic E-state index is -3.55. The third-order valence-electron chi connectivity index (χ3n) is 2.13. The largest absolute Gasteiger partial charge is 0.299 e. The molecular weight excluding hydrogens is 316 g/mol. The molecule has 0 radical (unpaired) electrons. The molecule has 0 atom stereocenters. The Morgan fingerprint density at radius 1 is 1.28 bits per heavy atom. The third-order valence-corrected chi connectivity index (χ3v) is 4.00. The van der Waals surface area contributed by atoms with Gasteiger partial charge in [-0.05, 0) is 51.0 Å². The summed E-state index contributed by atoms with van der Waals surface area (Å²) in [5, 5.41) is 0. The smallest absolute Gasteiger partial charge is 0.271 e. The minimum absolute atomic E-state index is 0.506. The van der Waals surface area contributed by atoms with Crippen molar-refractivity contribution < 1.29 is 8.42 Å². The molecule has 1 rings (SSSR count). The summed E-state index contributed by atoms with van der Waals surface area (Å²) in [5.74, 6) is 0. The first-order valence-electron chi connectivity index (χ1n) is 5.73. The van der Waals surface area contributed by atoms with Gasteiger partial charge in [-0.1, -0.05) is 22.9 Å². The standard InChI is InChI=1S/C12H19BrN2O2S/c1-5-9-8-10(13)6-7-11(9)14-18(16,17)15-12(2,3)4/h6-8,14-15H,5H2,1-4H3. The van der Waals surface area contributed by atoms with E-state index in [1.165, 1.54) is 0 Å². The van der Waals surface area contributed by atoms with Crippen LogP contribution in [-0.2, 0) is 16.6 Å². The lowest BCUT2D eigenvalue weighted by atomic mass is 10.1. The first kappa shape index (κ1) is 15.5. The molecule has 6 heteroatoms. The van der Waals surface area contributed by atoms with Gasteiger partial charge in [0.2, 0.25) is 0 Å². The van der Waals surface area contributed by atoms with Crippen LogP contribution in [0.5, 0.6) is 0 Å². The maximum absolute atomic E-state index is 11.9. The van der Waals surface area contributed by atoms with Crippen LogP contribution in [0.4, 0.5) is 5.69 Å². The number of benzene rings is 1. The molecule has 0 aromatic heterocycles. The molecule has 2 N–H and O–H groups in total. The van der Waals surface area contributed by atoms with E-state index < -0.39 is 15.7 Å². The lowest BCUT2D eigenvalue weighted by Gasteiger charge is -2.21. The molecule has 0 saturated heterocycles. The van der Waals surface area contributed by atoms with Crippen molar-refractivity contribution in [3.63, 3.8) is 0 Å². The summed E-state index contributed by atoms with van der Waals surface area (Å²) in [4.78, 5) is 0. The highest BCUT2D eigenvalue weighted by Gasteiger charge is 2.20. The van der Waals surface area contributed by atoms with Crippen LogP contribution < -0.4 is 9.44 Å². The average molecular weight is 335 g/mol. The van der Waals surface area contributed by atoms with Crippen molar-refractivity contribution in [1.82, 2.24) is 4.72 Å². The van der Waals surface area contributed by atoms with Crippen molar-refractivity contribution in [2.24, 2.45) is 0 Å². The topological polar surface area (TPSA) is 58.2 Å². The molecule has 102 valence electrons. The lowest BCUT2D eigenvalue weighted by Crippen LogP contribution is -2.43. The molecule has 0 fully saturated rings. The fraction of sp³-hybridized carbons (Fsp3) is 0.500. The van der Waals surface area contributed by atoms with Gasteiger partial charge in [0.15, 0.2) is 0 Å². The van der Waals surface area contributed by atoms with Crippen molar-refractivity contribution >= 4 is 31.8 Å². The fourth-order valence-corrected chi connectivity index (χ4v) is 3.28. The number of hydrogen-bond acceptors (Lipinski definition) is 2. The van der Waals surface area contributed by atoms with Gasteiger partial charge in [-0.25, -0.2) is 0 Å². The molecule has 0 aliphatic rings. The van der Waals surface area contributed by atoms with E-state index in [1.54, 1.807) is 26.8 Å². The van der Waals surface area contributed by atoms with E-state index in [4.69, 9.17) is 0 Å². The highest BCUT2D eigenvalue weighted by molar-refractivity contribution is 9.10. The summed E-state index contributed by atoms with van der Waals surface area (Å²) >= 11 is 3.37. The molecule has 18 heavy (non-hydrogen) atoms. The second-order valence-corrected chi connectivity index (χ2v) is 7.44. The van der Waals surface area contributed by atoms with E-state index in [0.29, 0.717) is 5.69 Å². The summed E-state index contributed by atoms with van der Waals surface area (Å²) < 4.78 is 29.9. The summed E-state index contributed by atoms with van der Waals surface area (Å²) in [6.07, 6.45) is 0.757. The highest BCUT2D eigenvalue weighted by Crippen LogP contribution is 2.22. The quantitative estimate of drug-likeness (QED) is 0.888. The number of nitrogens with one attached hydrogen (secondary N) is 2. The molecule has 1 aromatic carbocycles. The van der Waals surface area contributed by atoms with Crippen LogP contribution >= 0.6 is 15.9 Å². The Morgan fingerprint density at radius 2 is 1.89 bits per heavy atom. The predicted molar refractivity (Wildman–Crippen MR) is 79.0 cm³/mol. The Bertz CT molecular complexity index is 521. The Hall–Kier alpha value is -0.590. The van der Waals surface area contributed by atoms with Gasteiger partial charge in [0.25, 0.3) is 10.2 Å². The molecule has 0 saturated carbocycles. The van der Waals surface area contributed by atoms with Gasteiger partial charge in [-0.2, -0.15) is 13.1 Å². The maximum atomic E-state index is 11.9. The van der Waals surface area contributed by atoms with Crippen molar-refractivity contribution in [3.05, 3.63) is 28.2 Å². The molecule has 0 spiro atoms. The van der Waals surface area contributed by atoms with E-state index in [0.717, 1.165) is 16.5 Å². The average Bonchev–Trinajstić information content (AvgIpc) is 2.16. The second-order valence-electron chi connectivity index (χ2n) is 5.11. The van der Waals surface area contributed by atoms with Crippen LogP contribution in [0.15, 0.2) is 22.7 Å². The summed E-state index contributed by atoms with van der Waals surface area (Å²) in [6.45, 7) is 7.38. The molecule has 0 aliphatic heterocycles.